The number of anilines is 1. The van der Waals surface area contributed by atoms with E-state index in [0.29, 0.717) is 12.1 Å². The number of carbonyl (C=O) groups excluding carboxylic acids is 2. The summed E-state index contributed by atoms with van der Waals surface area (Å²) < 4.78 is 26.4. The van der Waals surface area contributed by atoms with E-state index in [4.69, 9.17) is 0 Å². The third kappa shape index (κ3) is 7.58. The lowest BCUT2D eigenvalue weighted by Gasteiger charge is -2.33. The molecular formula is C26H37N3O4S. The Morgan fingerprint density at radius 1 is 0.971 bits per heavy atom. The van der Waals surface area contributed by atoms with E-state index in [9.17, 15) is 18.0 Å². The van der Waals surface area contributed by atoms with Crippen LogP contribution < -0.4 is 9.62 Å². The Labute approximate surface area is 204 Å². The lowest BCUT2D eigenvalue weighted by molar-refractivity contribution is -0.140. The van der Waals surface area contributed by atoms with Crippen molar-refractivity contribution in [3.8, 4) is 0 Å². The maximum Gasteiger partial charge on any atom is 0.244 e. The molecule has 2 rings (SSSR count). The van der Waals surface area contributed by atoms with Gasteiger partial charge in [0, 0.05) is 12.6 Å². The standard InChI is InChI=1S/C26H37N3O4S/c1-7-21(5)27-26(31)24(8-2)28(17-22-13-9-11-19(3)15-22)25(30)18-29(34(6,32)33)23-14-10-12-20(4)16-23/h9-16,21,24H,7-8,17-18H2,1-6H3,(H,27,31)/t21-,24-/m1/s1. The van der Waals surface area contributed by atoms with E-state index in [1.807, 2.05) is 65.0 Å². The third-order valence-corrected chi connectivity index (χ3v) is 6.93. The summed E-state index contributed by atoms with van der Waals surface area (Å²) >= 11 is 0. The SMILES string of the molecule is CC[C@@H](C)NC(=O)[C@@H](CC)N(Cc1cccc(C)c1)C(=O)CN(c1cccc(C)c1)S(C)(=O)=O. The smallest absolute Gasteiger partial charge is 0.244 e. The Morgan fingerprint density at radius 3 is 2.12 bits per heavy atom. The first-order valence-corrected chi connectivity index (χ1v) is 13.5. The Morgan fingerprint density at radius 2 is 1.59 bits per heavy atom. The van der Waals surface area contributed by atoms with E-state index in [1.165, 1.54) is 4.90 Å². The first-order valence-electron chi connectivity index (χ1n) is 11.7. The lowest BCUT2D eigenvalue weighted by atomic mass is 10.1. The second-order valence-corrected chi connectivity index (χ2v) is 10.8. The van der Waals surface area contributed by atoms with E-state index in [1.54, 1.807) is 18.2 Å². The average molecular weight is 488 g/mol. The normalized spacial score (nSPS) is 13.1. The molecule has 0 saturated heterocycles. The van der Waals surface area contributed by atoms with Gasteiger partial charge in [-0.15, -0.1) is 0 Å². The molecule has 0 aliphatic rings. The van der Waals surface area contributed by atoms with Crippen molar-refractivity contribution in [3.63, 3.8) is 0 Å². The van der Waals surface area contributed by atoms with E-state index in [2.05, 4.69) is 5.32 Å². The summed E-state index contributed by atoms with van der Waals surface area (Å²) in [6.45, 7) is 9.40. The highest BCUT2D eigenvalue weighted by Gasteiger charge is 2.32. The van der Waals surface area contributed by atoms with Crippen molar-refractivity contribution in [2.45, 2.75) is 66.1 Å². The van der Waals surface area contributed by atoms with Crippen LogP contribution in [0.15, 0.2) is 48.5 Å². The fourth-order valence-electron chi connectivity index (χ4n) is 3.76. The maximum atomic E-state index is 13.6. The molecule has 0 aromatic heterocycles. The van der Waals surface area contributed by atoms with Crippen molar-refractivity contribution in [3.05, 3.63) is 65.2 Å². The first-order chi connectivity index (χ1) is 16.0. The van der Waals surface area contributed by atoms with Crippen LogP contribution in [0.4, 0.5) is 5.69 Å². The number of nitrogens with zero attached hydrogens (tertiary/aromatic N) is 2. The molecule has 34 heavy (non-hydrogen) atoms. The summed E-state index contributed by atoms with van der Waals surface area (Å²) in [6.07, 6.45) is 2.26. The summed E-state index contributed by atoms with van der Waals surface area (Å²) in [7, 11) is -3.73. The molecule has 7 nitrogen and oxygen atoms in total. The molecule has 0 aliphatic carbocycles. The summed E-state index contributed by atoms with van der Waals surface area (Å²) in [4.78, 5) is 28.3. The Hall–Kier alpha value is -2.87. The van der Waals surface area contributed by atoms with Crippen molar-refractivity contribution in [2.75, 3.05) is 17.1 Å². The number of aryl methyl sites for hydroxylation is 2. The molecule has 2 aromatic rings. The highest BCUT2D eigenvalue weighted by atomic mass is 32.2. The molecule has 0 fully saturated rings. The Bertz CT molecular complexity index is 1100. The number of hydrogen-bond donors (Lipinski definition) is 1. The van der Waals surface area contributed by atoms with Gasteiger partial charge in [-0.3, -0.25) is 13.9 Å². The van der Waals surface area contributed by atoms with Crippen molar-refractivity contribution in [1.82, 2.24) is 10.2 Å². The summed E-state index contributed by atoms with van der Waals surface area (Å²) in [5, 5.41) is 2.97. The Kier molecular flexibility index (Phi) is 9.67. The minimum absolute atomic E-state index is 0.0303. The van der Waals surface area contributed by atoms with Gasteiger partial charge in [-0.05, 0) is 56.9 Å². The summed E-state index contributed by atoms with van der Waals surface area (Å²) in [5.74, 6) is -0.668. The van der Waals surface area contributed by atoms with Crippen molar-refractivity contribution < 1.29 is 18.0 Å². The molecular weight excluding hydrogens is 450 g/mol. The molecule has 1 N–H and O–H groups in total. The molecule has 0 unspecified atom stereocenters. The molecule has 2 amide bonds. The minimum Gasteiger partial charge on any atom is -0.352 e. The fraction of sp³-hybridized carbons (Fsp3) is 0.462. The van der Waals surface area contributed by atoms with Gasteiger partial charge in [0.15, 0.2) is 0 Å². The third-order valence-electron chi connectivity index (χ3n) is 5.79. The van der Waals surface area contributed by atoms with Crippen LogP contribution in [0.1, 0.15) is 50.3 Å². The van der Waals surface area contributed by atoms with Crippen molar-refractivity contribution in [2.24, 2.45) is 0 Å². The largest absolute Gasteiger partial charge is 0.352 e. The van der Waals surface area contributed by atoms with Crippen LogP contribution in [0, 0.1) is 13.8 Å². The van der Waals surface area contributed by atoms with Crippen molar-refractivity contribution in [1.29, 1.82) is 0 Å². The molecule has 0 saturated carbocycles. The molecule has 0 aliphatic heterocycles. The minimum atomic E-state index is -3.73. The van der Waals surface area contributed by atoms with E-state index >= 15 is 0 Å². The lowest BCUT2D eigenvalue weighted by Crippen LogP contribution is -2.53. The van der Waals surface area contributed by atoms with Crippen LogP contribution in [-0.4, -0.2) is 50.0 Å². The van der Waals surface area contributed by atoms with Gasteiger partial charge in [-0.1, -0.05) is 55.8 Å². The number of carbonyl (C=O) groups is 2. The van der Waals surface area contributed by atoms with Crippen LogP contribution in [0.3, 0.4) is 0 Å². The second-order valence-electron chi connectivity index (χ2n) is 8.86. The number of sulfonamides is 1. The monoisotopic (exact) mass is 487 g/mol. The zero-order valence-electron chi connectivity index (χ0n) is 21.0. The topological polar surface area (TPSA) is 86.8 Å². The van der Waals surface area contributed by atoms with Gasteiger partial charge >= 0.3 is 0 Å². The highest BCUT2D eigenvalue weighted by molar-refractivity contribution is 7.92. The first kappa shape index (κ1) is 27.4. The molecule has 0 bridgehead atoms. The number of rotatable bonds is 11. The second kappa shape index (κ2) is 12.0. The molecule has 2 aromatic carbocycles. The molecule has 0 heterocycles. The van der Waals surface area contributed by atoms with Gasteiger partial charge in [0.2, 0.25) is 21.8 Å². The quantitative estimate of drug-likeness (QED) is 0.522. The fourth-order valence-corrected chi connectivity index (χ4v) is 4.61. The van der Waals surface area contributed by atoms with Crippen LogP contribution in [0.5, 0.6) is 0 Å². The summed E-state index contributed by atoms with van der Waals surface area (Å²) in [6, 6.07) is 14.0. The van der Waals surface area contributed by atoms with Gasteiger partial charge in [0.25, 0.3) is 0 Å². The zero-order chi connectivity index (χ0) is 25.5. The summed E-state index contributed by atoms with van der Waals surface area (Å²) in [5.41, 5.74) is 3.22. The van der Waals surface area contributed by atoms with Gasteiger partial charge < -0.3 is 10.2 Å². The molecule has 0 radical (unpaired) electrons. The van der Waals surface area contributed by atoms with Crippen LogP contribution in [0.2, 0.25) is 0 Å². The predicted molar refractivity (Wildman–Crippen MR) is 137 cm³/mol. The van der Waals surface area contributed by atoms with Gasteiger partial charge in [-0.2, -0.15) is 0 Å². The van der Waals surface area contributed by atoms with E-state index in [0.717, 1.165) is 33.7 Å². The maximum absolute atomic E-state index is 13.6. The molecule has 2 atom stereocenters. The number of amides is 2. The molecule has 8 heteroatoms. The number of hydrogen-bond acceptors (Lipinski definition) is 4. The van der Waals surface area contributed by atoms with Crippen molar-refractivity contribution >= 4 is 27.5 Å². The van der Waals surface area contributed by atoms with Crippen LogP contribution in [0.25, 0.3) is 0 Å². The highest BCUT2D eigenvalue weighted by Crippen LogP contribution is 2.21. The van der Waals surface area contributed by atoms with Crippen LogP contribution in [-0.2, 0) is 26.2 Å². The van der Waals surface area contributed by atoms with Gasteiger partial charge in [0.05, 0.1) is 11.9 Å². The van der Waals surface area contributed by atoms with Gasteiger partial charge in [-0.25, -0.2) is 8.42 Å². The number of benzene rings is 2. The average Bonchev–Trinajstić information content (AvgIpc) is 2.76. The van der Waals surface area contributed by atoms with Gasteiger partial charge in [0.1, 0.15) is 12.6 Å². The van der Waals surface area contributed by atoms with E-state index < -0.39 is 22.0 Å². The van der Waals surface area contributed by atoms with E-state index in [-0.39, 0.29) is 25.0 Å². The molecule has 186 valence electrons. The van der Waals surface area contributed by atoms with Crippen LogP contribution >= 0.6 is 0 Å². The zero-order valence-corrected chi connectivity index (χ0v) is 21.9. The number of nitrogens with one attached hydrogen (secondary N) is 1. The Balaban J connectivity index is 2.44. The predicted octanol–water partition coefficient (Wildman–Crippen LogP) is 3.79. The molecule has 0 spiro atoms.